The second-order valence-electron chi connectivity index (χ2n) is 6.13. The molecule has 3 rings (SSSR count). The summed E-state index contributed by atoms with van der Waals surface area (Å²) in [5.41, 5.74) is 0.0839. The lowest BCUT2D eigenvalue weighted by molar-refractivity contribution is -0.0449. The zero-order chi connectivity index (χ0) is 16.6. The molecule has 0 bridgehead atoms. The van der Waals surface area contributed by atoms with Crippen LogP contribution in [-0.2, 0) is 14.8 Å². The Morgan fingerprint density at radius 2 is 2.13 bits per heavy atom. The van der Waals surface area contributed by atoms with Crippen molar-refractivity contribution in [2.24, 2.45) is 0 Å². The zero-order valence-corrected chi connectivity index (χ0v) is 13.7. The quantitative estimate of drug-likeness (QED) is 0.896. The number of nitrogens with zero attached hydrogens (tertiary/aromatic N) is 1. The molecule has 23 heavy (non-hydrogen) atoms. The Kier molecular flexibility index (Phi) is 4.68. The average Bonchev–Trinajstić information content (AvgIpc) is 2.96. The van der Waals surface area contributed by atoms with Crippen molar-refractivity contribution in [3.05, 3.63) is 29.3 Å². The molecule has 2 heterocycles. The molecule has 0 saturated carbocycles. The lowest BCUT2D eigenvalue weighted by Crippen LogP contribution is -2.50. The molecule has 1 N–H and O–H groups in total. The van der Waals surface area contributed by atoms with E-state index in [9.17, 15) is 17.2 Å². The van der Waals surface area contributed by atoms with Gasteiger partial charge in [0.25, 0.3) is 0 Å². The van der Waals surface area contributed by atoms with Gasteiger partial charge in [-0.1, -0.05) is 0 Å². The summed E-state index contributed by atoms with van der Waals surface area (Å²) in [5.74, 6) is -1.86. The van der Waals surface area contributed by atoms with Crippen LogP contribution in [0, 0.1) is 18.6 Å². The summed E-state index contributed by atoms with van der Waals surface area (Å²) < 4.78 is 59.6. The fourth-order valence-corrected chi connectivity index (χ4v) is 4.33. The Bertz CT molecular complexity index is 696. The molecular formula is C15H20F2N2O3S. The van der Waals surface area contributed by atoms with E-state index >= 15 is 0 Å². The van der Waals surface area contributed by atoms with E-state index in [1.165, 1.54) is 6.92 Å². The highest BCUT2D eigenvalue weighted by Crippen LogP contribution is 2.23. The number of hydrogen-bond donors (Lipinski definition) is 1. The molecule has 5 nitrogen and oxygen atoms in total. The minimum Gasteiger partial charge on any atom is -0.374 e. The molecule has 2 saturated heterocycles. The van der Waals surface area contributed by atoms with Gasteiger partial charge in [-0.2, -0.15) is 0 Å². The van der Waals surface area contributed by atoms with Crippen molar-refractivity contribution >= 4 is 10.0 Å². The van der Waals surface area contributed by atoms with E-state index in [0.717, 1.165) is 25.5 Å². The van der Waals surface area contributed by atoms with Gasteiger partial charge in [0, 0.05) is 25.2 Å². The van der Waals surface area contributed by atoms with Crippen molar-refractivity contribution in [1.82, 2.24) is 9.62 Å². The maximum absolute atomic E-state index is 13.8. The fraction of sp³-hybridized carbons (Fsp3) is 0.600. The van der Waals surface area contributed by atoms with Gasteiger partial charge in [0.1, 0.15) is 16.5 Å². The summed E-state index contributed by atoms with van der Waals surface area (Å²) in [6, 6.07) is 2.03. The van der Waals surface area contributed by atoms with E-state index in [4.69, 9.17) is 4.74 Å². The summed E-state index contributed by atoms with van der Waals surface area (Å²) in [6.45, 7) is 3.73. The van der Waals surface area contributed by atoms with Crippen molar-refractivity contribution in [2.75, 3.05) is 26.2 Å². The number of ether oxygens (including phenoxy) is 1. The highest BCUT2D eigenvalue weighted by Gasteiger charge is 2.33. The number of hydrogen-bond acceptors (Lipinski definition) is 4. The number of morpholine rings is 1. The Hall–Kier alpha value is -1.09. The van der Waals surface area contributed by atoms with E-state index in [2.05, 4.69) is 9.62 Å². The highest BCUT2D eigenvalue weighted by atomic mass is 32.2. The van der Waals surface area contributed by atoms with E-state index in [0.29, 0.717) is 25.3 Å². The number of benzene rings is 1. The normalized spacial score (nSPS) is 25.5. The van der Waals surface area contributed by atoms with Gasteiger partial charge < -0.3 is 4.74 Å². The third-order valence-electron chi connectivity index (χ3n) is 4.47. The predicted octanol–water partition coefficient (Wildman–Crippen LogP) is 1.41. The molecule has 128 valence electrons. The van der Waals surface area contributed by atoms with E-state index in [-0.39, 0.29) is 18.2 Å². The number of rotatable bonds is 4. The molecule has 0 aromatic heterocycles. The van der Waals surface area contributed by atoms with Crippen LogP contribution in [0.25, 0.3) is 0 Å². The average molecular weight is 346 g/mol. The van der Waals surface area contributed by atoms with Crippen LogP contribution < -0.4 is 4.72 Å². The first-order chi connectivity index (χ1) is 10.9. The first-order valence-corrected chi connectivity index (χ1v) is 9.16. The van der Waals surface area contributed by atoms with Gasteiger partial charge in [-0.15, -0.1) is 0 Å². The Morgan fingerprint density at radius 1 is 1.35 bits per heavy atom. The summed E-state index contributed by atoms with van der Waals surface area (Å²) in [5, 5.41) is 0. The maximum Gasteiger partial charge on any atom is 0.243 e. The third kappa shape index (κ3) is 3.55. The molecule has 1 aromatic rings. The van der Waals surface area contributed by atoms with Crippen LogP contribution in [0.2, 0.25) is 0 Å². The van der Waals surface area contributed by atoms with Crippen molar-refractivity contribution in [1.29, 1.82) is 0 Å². The first-order valence-electron chi connectivity index (χ1n) is 7.68. The number of halogens is 2. The van der Waals surface area contributed by atoms with Gasteiger partial charge in [0.05, 0.1) is 12.7 Å². The summed E-state index contributed by atoms with van der Waals surface area (Å²) in [6.07, 6.45) is 1.98. The lowest BCUT2D eigenvalue weighted by Gasteiger charge is -2.35. The monoisotopic (exact) mass is 346 g/mol. The molecule has 0 radical (unpaired) electrons. The maximum atomic E-state index is 13.8. The minimum atomic E-state index is -4.04. The summed E-state index contributed by atoms with van der Waals surface area (Å²) in [7, 11) is -4.04. The standard InChI is InChI=1S/C15H20F2N2O3S/c1-10-5-15(14(17)6-13(10)16)23(20,21)18-7-12-8-19-4-2-3-11(19)9-22-12/h5-6,11-12,18H,2-4,7-9H2,1H3/t11-,12+/m0/s1. The van der Waals surface area contributed by atoms with Gasteiger partial charge in [-0.3, -0.25) is 4.90 Å². The van der Waals surface area contributed by atoms with Gasteiger partial charge in [-0.25, -0.2) is 21.9 Å². The Morgan fingerprint density at radius 3 is 2.91 bits per heavy atom. The second kappa shape index (κ2) is 6.43. The van der Waals surface area contributed by atoms with Crippen LogP contribution in [0.15, 0.2) is 17.0 Å². The van der Waals surface area contributed by atoms with Crippen LogP contribution >= 0.6 is 0 Å². The molecule has 2 fully saturated rings. The molecule has 0 amide bonds. The number of sulfonamides is 1. The molecule has 8 heteroatoms. The van der Waals surface area contributed by atoms with Gasteiger partial charge in [-0.05, 0) is 37.9 Å². The topological polar surface area (TPSA) is 58.6 Å². The van der Waals surface area contributed by atoms with Gasteiger partial charge in [0.2, 0.25) is 10.0 Å². The second-order valence-corrected chi connectivity index (χ2v) is 7.87. The Labute approximate surface area is 134 Å². The van der Waals surface area contributed by atoms with Crippen molar-refractivity contribution in [3.63, 3.8) is 0 Å². The molecular weight excluding hydrogens is 326 g/mol. The number of aryl methyl sites for hydroxylation is 1. The predicted molar refractivity (Wildman–Crippen MR) is 80.6 cm³/mol. The summed E-state index contributed by atoms with van der Waals surface area (Å²) >= 11 is 0. The van der Waals surface area contributed by atoms with Crippen molar-refractivity contribution in [3.8, 4) is 0 Å². The largest absolute Gasteiger partial charge is 0.374 e. The SMILES string of the molecule is Cc1cc(S(=O)(=O)NC[C@@H]2CN3CCC[C@H]3CO2)c(F)cc1F. The number of nitrogens with one attached hydrogen (secondary N) is 1. The lowest BCUT2D eigenvalue weighted by atomic mass is 10.2. The van der Waals surface area contributed by atoms with Crippen LogP contribution in [-0.4, -0.2) is 51.7 Å². The van der Waals surface area contributed by atoms with Crippen molar-refractivity contribution in [2.45, 2.75) is 36.8 Å². The smallest absolute Gasteiger partial charge is 0.243 e. The van der Waals surface area contributed by atoms with Crippen LogP contribution in [0.4, 0.5) is 8.78 Å². The van der Waals surface area contributed by atoms with E-state index in [1.807, 2.05) is 0 Å². The highest BCUT2D eigenvalue weighted by molar-refractivity contribution is 7.89. The van der Waals surface area contributed by atoms with Crippen LogP contribution in [0.3, 0.4) is 0 Å². The van der Waals surface area contributed by atoms with Gasteiger partial charge >= 0.3 is 0 Å². The number of fused-ring (bicyclic) bond motifs is 1. The first kappa shape index (κ1) is 16.8. The molecule has 0 aliphatic carbocycles. The van der Waals surface area contributed by atoms with Crippen LogP contribution in [0.1, 0.15) is 18.4 Å². The molecule has 2 atom stereocenters. The van der Waals surface area contributed by atoms with E-state index in [1.54, 1.807) is 0 Å². The molecule has 0 unspecified atom stereocenters. The molecule has 0 spiro atoms. The minimum absolute atomic E-state index is 0.0709. The zero-order valence-electron chi connectivity index (χ0n) is 12.9. The van der Waals surface area contributed by atoms with Crippen molar-refractivity contribution < 1.29 is 21.9 Å². The molecule has 1 aromatic carbocycles. The van der Waals surface area contributed by atoms with E-state index < -0.39 is 26.6 Å². The fourth-order valence-electron chi connectivity index (χ4n) is 3.13. The Balaban J connectivity index is 1.66. The third-order valence-corrected chi connectivity index (χ3v) is 5.90. The summed E-state index contributed by atoms with van der Waals surface area (Å²) in [4.78, 5) is 1.76. The molecule has 2 aliphatic heterocycles. The van der Waals surface area contributed by atoms with Crippen LogP contribution in [0.5, 0.6) is 0 Å². The molecule has 2 aliphatic rings. The van der Waals surface area contributed by atoms with Gasteiger partial charge in [0.15, 0.2) is 0 Å².